The molecular weight excluding hydrogens is 291 g/mol. The lowest BCUT2D eigenvalue weighted by Gasteiger charge is -2.20. The van der Waals surface area contributed by atoms with E-state index in [2.05, 4.69) is 0 Å². The molecule has 0 amide bonds. The van der Waals surface area contributed by atoms with E-state index in [0.717, 1.165) is 36.6 Å². The lowest BCUT2D eigenvalue weighted by molar-refractivity contribution is 0.631. The fourth-order valence-corrected chi connectivity index (χ4v) is 3.29. The van der Waals surface area contributed by atoms with Gasteiger partial charge in [0.25, 0.3) is 0 Å². The third-order valence-electron chi connectivity index (χ3n) is 4.41. The molecule has 0 saturated carbocycles. The molecule has 0 radical (unpaired) electrons. The van der Waals surface area contributed by atoms with Gasteiger partial charge in [-0.25, -0.2) is 14.4 Å². The first-order chi connectivity index (χ1) is 11.1. The van der Waals surface area contributed by atoms with Gasteiger partial charge in [-0.15, -0.1) is 0 Å². The number of aromatic nitrogens is 3. The Morgan fingerprint density at radius 1 is 1.09 bits per heavy atom. The molecule has 23 heavy (non-hydrogen) atoms. The summed E-state index contributed by atoms with van der Waals surface area (Å²) in [6.07, 6.45) is 6.21. The van der Waals surface area contributed by atoms with E-state index in [9.17, 15) is 4.39 Å². The number of hydrogen-bond acceptors (Lipinski definition) is 3. The summed E-state index contributed by atoms with van der Waals surface area (Å²) >= 11 is 0. The Labute approximate surface area is 134 Å². The molecule has 0 aliphatic heterocycles. The third-order valence-corrected chi connectivity index (χ3v) is 4.41. The highest BCUT2D eigenvalue weighted by atomic mass is 19.1. The van der Waals surface area contributed by atoms with Gasteiger partial charge in [-0.3, -0.25) is 4.40 Å². The highest BCUT2D eigenvalue weighted by molar-refractivity contribution is 5.67. The molecule has 0 unspecified atom stereocenters. The highest BCUT2D eigenvalue weighted by Crippen LogP contribution is 2.30. The number of rotatable bonds is 2. The SMILES string of the molecule is CN(C)c1nc2c(c3nc(-c4ccccc4F)cn13)CCCC2. The van der Waals surface area contributed by atoms with Crippen molar-refractivity contribution in [3.05, 3.63) is 47.5 Å². The van der Waals surface area contributed by atoms with Gasteiger partial charge in [-0.05, 0) is 37.8 Å². The Hall–Kier alpha value is -2.43. The van der Waals surface area contributed by atoms with E-state index in [4.69, 9.17) is 9.97 Å². The van der Waals surface area contributed by atoms with Crippen LogP contribution in [0.15, 0.2) is 30.5 Å². The van der Waals surface area contributed by atoms with Crippen LogP contribution in [-0.2, 0) is 12.8 Å². The zero-order chi connectivity index (χ0) is 16.0. The third kappa shape index (κ3) is 2.27. The molecule has 2 aromatic heterocycles. The van der Waals surface area contributed by atoms with Crippen molar-refractivity contribution in [3.63, 3.8) is 0 Å². The Balaban J connectivity index is 2.00. The molecule has 4 rings (SSSR count). The fourth-order valence-electron chi connectivity index (χ4n) is 3.29. The lowest BCUT2D eigenvalue weighted by atomic mass is 9.97. The summed E-state index contributed by atoms with van der Waals surface area (Å²) in [6.45, 7) is 0. The van der Waals surface area contributed by atoms with Crippen molar-refractivity contribution in [3.8, 4) is 11.3 Å². The zero-order valence-electron chi connectivity index (χ0n) is 13.4. The van der Waals surface area contributed by atoms with Gasteiger partial charge in [0.15, 0.2) is 0 Å². The minimum atomic E-state index is -0.246. The molecule has 1 aromatic carbocycles. The average Bonchev–Trinajstić information content (AvgIpc) is 2.99. The Morgan fingerprint density at radius 2 is 1.87 bits per heavy atom. The number of aryl methyl sites for hydroxylation is 2. The van der Waals surface area contributed by atoms with Gasteiger partial charge < -0.3 is 4.90 Å². The first-order valence-corrected chi connectivity index (χ1v) is 7.98. The molecule has 1 aliphatic carbocycles. The molecule has 118 valence electrons. The van der Waals surface area contributed by atoms with Gasteiger partial charge >= 0.3 is 0 Å². The normalized spacial score (nSPS) is 14.0. The predicted octanol–water partition coefficient (Wildman–Crippen LogP) is 3.48. The van der Waals surface area contributed by atoms with Gasteiger partial charge in [0.2, 0.25) is 5.95 Å². The molecular formula is C18H19FN4. The summed E-state index contributed by atoms with van der Waals surface area (Å²) in [5, 5.41) is 0. The maximum Gasteiger partial charge on any atom is 0.211 e. The molecule has 0 N–H and O–H groups in total. The van der Waals surface area contributed by atoms with Crippen LogP contribution in [0.3, 0.4) is 0 Å². The minimum absolute atomic E-state index is 0.246. The summed E-state index contributed by atoms with van der Waals surface area (Å²) in [5.41, 5.74) is 4.46. The lowest BCUT2D eigenvalue weighted by Crippen LogP contribution is -2.18. The van der Waals surface area contributed by atoms with E-state index in [-0.39, 0.29) is 5.82 Å². The van der Waals surface area contributed by atoms with Crippen LogP contribution in [0.2, 0.25) is 0 Å². The molecule has 0 atom stereocenters. The maximum atomic E-state index is 14.1. The Morgan fingerprint density at radius 3 is 2.65 bits per heavy atom. The standard InChI is InChI=1S/C18H19FN4/c1-22(2)18-21-15-10-6-4-8-13(15)17-20-16(11-23(17)18)12-7-3-5-9-14(12)19/h3,5,7,9,11H,4,6,8,10H2,1-2H3. The van der Waals surface area contributed by atoms with Crippen molar-refractivity contribution in [1.82, 2.24) is 14.4 Å². The average molecular weight is 310 g/mol. The van der Waals surface area contributed by atoms with E-state index < -0.39 is 0 Å². The second-order valence-electron chi connectivity index (χ2n) is 6.24. The molecule has 5 heteroatoms. The predicted molar refractivity (Wildman–Crippen MR) is 89.4 cm³/mol. The van der Waals surface area contributed by atoms with Crippen molar-refractivity contribution < 1.29 is 4.39 Å². The second kappa shape index (κ2) is 5.33. The number of imidazole rings is 1. The molecule has 0 spiro atoms. The smallest absolute Gasteiger partial charge is 0.211 e. The second-order valence-corrected chi connectivity index (χ2v) is 6.24. The molecule has 4 nitrogen and oxygen atoms in total. The number of benzene rings is 1. The summed E-state index contributed by atoms with van der Waals surface area (Å²) in [5.74, 6) is 0.597. The number of hydrogen-bond donors (Lipinski definition) is 0. The van der Waals surface area contributed by atoms with Crippen molar-refractivity contribution in [1.29, 1.82) is 0 Å². The summed E-state index contributed by atoms with van der Waals surface area (Å²) in [4.78, 5) is 11.6. The van der Waals surface area contributed by atoms with E-state index >= 15 is 0 Å². The Kier molecular flexibility index (Phi) is 3.29. The van der Waals surface area contributed by atoms with Crippen molar-refractivity contribution in [2.45, 2.75) is 25.7 Å². The van der Waals surface area contributed by atoms with Gasteiger partial charge in [0.05, 0.1) is 11.4 Å². The first-order valence-electron chi connectivity index (χ1n) is 7.98. The molecule has 1 aliphatic rings. The quantitative estimate of drug-likeness (QED) is 0.726. The Bertz CT molecular complexity index is 882. The van der Waals surface area contributed by atoms with Crippen LogP contribution in [0, 0.1) is 5.82 Å². The highest BCUT2D eigenvalue weighted by Gasteiger charge is 2.21. The molecule has 3 aromatic rings. The van der Waals surface area contributed by atoms with Crippen LogP contribution < -0.4 is 4.90 Å². The topological polar surface area (TPSA) is 33.4 Å². The van der Waals surface area contributed by atoms with Crippen LogP contribution in [0.1, 0.15) is 24.1 Å². The van der Waals surface area contributed by atoms with Gasteiger partial charge in [-0.2, -0.15) is 0 Å². The number of fused-ring (bicyclic) bond motifs is 3. The summed E-state index contributed by atoms with van der Waals surface area (Å²) < 4.78 is 16.1. The van der Waals surface area contributed by atoms with Crippen LogP contribution in [-0.4, -0.2) is 28.5 Å². The minimum Gasteiger partial charge on any atom is -0.348 e. The van der Waals surface area contributed by atoms with Gasteiger partial charge in [0.1, 0.15) is 11.5 Å². The summed E-state index contributed by atoms with van der Waals surface area (Å²) in [6, 6.07) is 6.78. The maximum absolute atomic E-state index is 14.1. The van der Waals surface area contributed by atoms with E-state index in [1.807, 2.05) is 35.7 Å². The fraction of sp³-hybridized carbons (Fsp3) is 0.333. The number of halogens is 1. The molecule has 0 fully saturated rings. The van der Waals surface area contributed by atoms with Crippen LogP contribution in [0.4, 0.5) is 10.3 Å². The van der Waals surface area contributed by atoms with Crippen LogP contribution >= 0.6 is 0 Å². The van der Waals surface area contributed by atoms with Gasteiger partial charge in [-0.1, -0.05) is 12.1 Å². The van der Waals surface area contributed by atoms with E-state index in [0.29, 0.717) is 11.3 Å². The molecule has 0 bridgehead atoms. The number of anilines is 1. The van der Waals surface area contributed by atoms with E-state index in [1.165, 1.54) is 18.1 Å². The van der Waals surface area contributed by atoms with E-state index in [1.54, 1.807) is 12.1 Å². The summed E-state index contributed by atoms with van der Waals surface area (Å²) in [7, 11) is 3.94. The molecule has 2 heterocycles. The van der Waals surface area contributed by atoms with Gasteiger partial charge in [0, 0.05) is 31.4 Å². The molecule has 0 saturated heterocycles. The van der Waals surface area contributed by atoms with Crippen molar-refractivity contribution in [2.75, 3.05) is 19.0 Å². The first kappa shape index (κ1) is 14.2. The zero-order valence-corrected chi connectivity index (χ0v) is 13.4. The largest absolute Gasteiger partial charge is 0.348 e. The number of nitrogens with zero attached hydrogens (tertiary/aromatic N) is 4. The van der Waals surface area contributed by atoms with Crippen LogP contribution in [0.25, 0.3) is 16.9 Å². The monoisotopic (exact) mass is 310 g/mol. The van der Waals surface area contributed by atoms with Crippen molar-refractivity contribution in [2.24, 2.45) is 0 Å². The van der Waals surface area contributed by atoms with Crippen molar-refractivity contribution >= 4 is 11.6 Å². The van der Waals surface area contributed by atoms with Crippen LogP contribution in [0.5, 0.6) is 0 Å².